The molecule has 1 aromatic carbocycles. The van der Waals surface area contributed by atoms with Crippen molar-refractivity contribution in [2.75, 3.05) is 11.9 Å². The first-order chi connectivity index (χ1) is 11.5. The third-order valence-corrected chi connectivity index (χ3v) is 3.48. The van der Waals surface area contributed by atoms with Crippen LogP contribution in [0.4, 0.5) is 14.5 Å². The van der Waals surface area contributed by atoms with Crippen molar-refractivity contribution in [1.82, 2.24) is 9.38 Å². The third-order valence-electron chi connectivity index (χ3n) is 3.48. The summed E-state index contributed by atoms with van der Waals surface area (Å²) >= 11 is 0. The molecule has 0 aliphatic heterocycles. The summed E-state index contributed by atoms with van der Waals surface area (Å²) in [6.45, 7) is 4.00. The van der Waals surface area contributed by atoms with Crippen LogP contribution in [0.25, 0.3) is 5.65 Å². The van der Waals surface area contributed by atoms with Gasteiger partial charge in [0.05, 0.1) is 18.0 Å². The molecule has 3 aromatic rings. The second-order valence-electron chi connectivity index (χ2n) is 5.12. The van der Waals surface area contributed by atoms with Crippen LogP contribution >= 0.6 is 0 Å². The highest BCUT2D eigenvalue weighted by atomic mass is 19.1. The van der Waals surface area contributed by atoms with Gasteiger partial charge in [0.1, 0.15) is 17.3 Å². The quantitative estimate of drug-likeness (QED) is 0.795. The van der Waals surface area contributed by atoms with E-state index < -0.39 is 17.5 Å². The molecule has 0 spiro atoms. The third kappa shape index (κ3) is 2.80. The van der Waals surface area contributed by atoms with E-state index >= 15 is 0 Å². The fourth-order valence-electron chi connectivity index (χ4n) is 2.47. The number of ether oxygens (including phenoxy) is 1. The Morgan fingerprint density at radius 2 is 2.12 bits per heavy atom. The Labute approximate surface area is 136 Å². The minimum absolute atomic E-state index is 0.100. The first-order valence-electron chi connectivity index (χ1n) is 7.38. The Morgan fingerprint density at radius 3 is 2.83 bits per heavy atom. The molecule has 0 radical (unpaired) electrons. The molecule has 124 valence electrons. The van der Waals surface area contributed by atoms with Crippen molar-refractivity contribution in [3.05, 3.63) is 59.6 Å². The van der Waals surface area contributed by atoms with Crippen LogP contribution in [-0.2, 0) is 0 Å². The Bertz CT molecular complexity index is 922. The minimum atomic E-state index is -0.843. The van der Waals surface area contributed by atoms with E-state index in [1.807, 2.05) is 6.92 Å². The topological polar surface area (TPSA) is 55.6 Å². The number of pyridine rings is 1. The maximum atomic E-state index is 13.7. The fraction of sp³-hybridized carbons (Fsp3) is 0.176. The number of aryl methyl sites for hydroxylation is 1. The second-order valence-corrected chi connectivity index (χ2v) is 5.12. The number of nitrogens with one attached hydrogen (secondary N) is 1. The van der Waals surface area contributed by atoms with Crippen LogP contribution in [0, 0.1) is 18.6 Å². The number of hydrogen-bond acceptors (Lipinski definition) is 3. The molecule has 3 rings (SSSR count). The number of halogens is 2. The highest BCUT2D eigenvalue weighted by Crippen LogP contribution is 2.23. The number of carbonyl (C=O) groups excluding carboxylic acids is 1. The zero-order valence-electron chi connectivity index (χ0n) is 13.1. The molecule has 24 heavy (non-hydrogen) atoms. The average Bonchev–Trinajstić information content (AvgIpc) is 2.87. The lowest BCUT2D eigenvalue weighted by Crippen LogP contribution is -2.16. The van der Waals surface area contributed by atoms with Crippen molar-refractivity contribution in [2.45, 2.75) is 13.8 Å². The minimum Gasteiger partial charge on any atom is -0.490 e. The highest BCUT2D eigenvalue weighted by molar-refractivity contribution is 6.04. The van der Waals surface area contributed by atoms with E-state index in [4.69, 9.17) is 4.74 Å². The summed E-state index contributed by atoms with van der Waals surface area (Å²) < 4.78 is 33.8. The maximum Gasteiger partial charge on any atom is 0.274 e. The van der Waals surface area contributed by atoms with Gasteiger partial charge in [0, 0.05) is 12.3 Å². The highest BCUT2D eigenvalue weighted by Gasteiger charge is 2.20. The Kier molecular flexibility index (Phi) is 4.16. The van der Waals surface area contributed by atoms with E-state index in [1.54, 1.807) is 29.7 Å². The summed E-state index contributed by atoms with van der Waals surface area (Å²) in [5, 5.41) is 2.44. The molecule has 0 aliphatic rings. The summed E-state index contributed by atoms with van der Waals surface area (Å²) in [6, 6.07) is 6.45. The smallest absolute Gasteiger partial charge is 0.274 e. The van der Waals surface area contributed by atoms with Crippen molar-refractivity contribution in [3.8, 4) is 5.75 Å². The molecule has 2 aromatic heterocycles. The zero-order chi connectivity index (χ0) is 17.3. The van der Waals surface area contributed by atoms with Crippen LogP contribution in [0.3, 0.4) is 0 Å². The Morgan fingerprint density at radius 1 is 1.33 bits per heavy atom. The van der Waals surface area contributed by atoms with Gasteiger partial charge in [0.15, 0.2) is 11.4 Å². The molecule has 7 heteroatoms. The number of rotatable bonds is 4. The molecule has 1 N–H and O–H groups in total. The number of amides is 1. The van der Waals surface area contributed by atoms with Crippen molar-refractivity contribution >= 4 is 17.2 Å². The largest absolute Gasteiger partial charge is 0.490 e. The molecule has 0 fully saturated rings. The van der Waals surface area contributed by atoms with Gasteiger partial charge in [0.25, 0.3) is 5.91 Å². The van der Waals surface area contributed by atoms with Gasteiger partial charge >= 0.3 is 0 Å². The first-order valence-corrected chi connectivity index (χ1v) is 7.38. The lowest BCUT2D eigenvalue weighted by molar-refractivity contribution is 0.102. The van der Waals surface area contributed by atoms with E-state index in [2.05, 4.69) is 10.3 Å². The van der Waals surface area contributed by atoms with Crippen molar-refractivity contribution in [2.24, 2.45) is 0 Å². The number of carbonyl (C=O) groups is 1. The summed E-state index contributed by atoms with van der Waals surface area (Å²) in [4.78, 5) is 16.9. The van der Waals surface area contributed by atoms with Crippen LogP contribution in [0.5, 0.6) is 5.75 Å². The van der Waals surface area contributed by atoms with Crippen LogP contribution in [0.1, 0.15) is 23.1 Å². The normalized spacial score (nSPS) is 10.8. The number of imidazole rings is 1. The number of nitrogens with zero attached hydrogens (tertiary/aromatic N) is 2. The lowest BCUT2D eigenvalue weighted by Gasteiger charge is -2.08. The van der Waals surface area contributed by atoms with Crippen LogP contribution in [0.15, 0.2) is 36.5 Å². The monoisotopic (exact) mass is 331 g/mol. The number of aromatic nitrogens is 2. The van der Waals surface area contributed by atoms with Crippen molar-refractivity contribution in [3.63, 3.8) is 0 Å². The predicted octanol–water partition coefficient (Wildman–Crippen LogP) is 3.57. The van der Waals surface area contributed by atoms with Crippen molar-refractivity contribution in [1.29, 1.82) is 0 Å². The maximum absolute atomic E-state index is 13.7. The van der Waals surface area contributed by atoms with Gasteiger partial charge in [0.2, 0.25) is 0 Å². The molecule has 0 aliphatic carbocycles. The number of fused-ring (bicyclic) bond motifs is 1. The Hall–Kier alpha value is -2.96. The fourth-order valence-corrected chi connectivity index (χ4v) is 2.47. The van der Waals surface area contributed by atoms with E-state index in [0.717, 1.165) is 6.07 Å². The standard InChI is InChI=1S/C17H15F2N3O2/c1-3-24-14-5-4-8-22-15(10(2)20-16(14)22)17(23)21-13-7-6-11(18)9-12(13)19/h4-9H,3H2,1-2H3,(H,21,23). The zero-order valence-corrected chi connectivity index (χ0v) is 13.1. The van der Waals surface area contributed by atoms with Gasteiger partial charge in [-0.3, -0.25) is 9.20 Å². The molecule has 0 bridgehead atoms. The number of anilines is 1. The van der Waals surface area contributed by atoms with Crippen LogP contribution in [-0.4, -0.2) is 21.9 Å². The second kappa shape index (κ2) is 6.27. The van der Waals surface area contributed by atoms with Gasteiger partial charge in [-0.1, -0.05) is 0 Å². The lowest BCUT2D eigenvalue weighted by atomic mass is 10.2. The Balaban J connectivity index is 2.01. The summed E-state index contributed by atoms with van der Waals surface area (Å²) in [7, 11) is 0. The van der Waals surface area contributed by atoms with Crippen LogP contribution < -0.4 is 10.1 Å². The van der Waals surface area contributed by atoms with Gasteiger partial charge in [-0.25, -0.2) is 13.8 Å². The number of benzene rings is 1. The van der Waals surface area contributed by atoms with Crippen molar-refractivity contribution < 1.29 is 18.3 Å². The molecule has 0 atom stereocenters. The van der Waals surface area contributed by atoms with Gasteiger partial charge in [-0.05, 0) is 38.1 Å². The molecule has 2 heterocycles. The summed E-state index contributed by atoms with van der Waals surface area (Å²) in [6.07, 6.45) is 1.67. The summed E-state index contributed by atoms with van der Waals surface area (Å²) in [5.74, 6) is -1.54. The molecule has 0 unspecified atom stereocenters. The molecule has 0 saturated heterocycles. The van der Waals surface area contributed by atoms with Gasteiger partial charge in [-0.2, -0.15) is 0 Å². The van der Waals surface area contributed by atoms with Crippen LogP contribution in [0.2, 0.25) is 0 Å². The van der Waals surface area contributed by atoms with E-state index in [0.29, 0.717) is 29.8 Å². The number of hydrogen-bond donors (Lipinski definition) is 1. The molecular formula is C17H15F2N3O2. The van der Waals surface area contributed by atoms with Gasteiger partial charge in [-0.15, -0.1) is 0 Å². The average molecular weight is 331 g/mol. The first kappa shape index (κ1) is 15.9. The molecule has 5 nitrogen and oxygen atoms in total. The summed E-state index contributed by atoms with van der Waals surface area (Å²) in [5.41, 5.74) is 1.13. The van der Waals surface area contributed by atoms with E-state index in [9.17, 15) is 13.6 Å². The molecule has 1 amide bonds. The van der Waals surface area contributed by atoms with Gasteiger partial charge < -0.3 is 10.1 Å². The SMILES string of the molecule is CCOc1cccn2c(C(=O)Nc3ccc(F)cc3F)c(C)nc12. The predicted molar refractivity (Wildman–Crippen MR) is 85.4 cm³/mol. The van der Waals surface area contributed by atoms with E-state index in [-0.39, 0.29) is 11.4 Å². The molecule has 0 saturated carbocycles. The molecular weight excluding hydrogens is 316 g/mol. The van der Waals surface area contributed by atoms with E-state index in [1.165, 1.54) is 6.07 Å².